The molecule has 0 aliphatic heterocycles. The molecular weight excluding hydrogens is 348 g/mol. The maximum atomic E-state index is 13.0. The van der Waals surface area contributed by atoms with Crippen molar-refractivity contribution in [1.29, 1.82) is 0 Å². The average Bonchev–Trinajstić information content (AvgIpc) is 2.72. The van der Waals surface area contributed by atoms with Gasteiger partial charge in [0, 0.05) is 30.3 Å². The Hall–Kier alpha value is -2.62. The molecule has 3 rings (SSSR count). The number of rotatable bonds is 6. The summed E-state index contributed by atoms with van der Waals surface area (Å²) in [5.74, 6) is 1.02. The van der Waals surface area contributed by atoms with Gasteiger partial charge in [-0.15, -0.1) is 0 Å². The molecule has 0 spiro atoms. The van der Waals surface area contributed by atoms with Crippen LogP contribution in [0.25, 0.3) is 0 Å². The number of anilines is 2. The Morgan fingerprint density at radius 1 is 0.893 bits per heavy atom. The van der Waals surface area contributed by atoms with Crippen LogP contribution < -0.4 is 10.2 Å². The van der Waals surface area contributed by atoms with Gasteiger partial charge in [-0.25, -0.2) is 0 Å². The van der Waals surface area contributed by atoms with Crippen LogP contribution in [0, 0.1) is 11.8 Å². The second-order valence-electron chi connectivity index (χ2n) is 7.84. The summed E-state index contributed by atoms with van der Waals surface area (Å²) in [5.41, 5.74) is 1.63. The van der Waals surface area contributed by atoms with Gasteiger partial charge in [0.25, 0.3) is 0 Å². The maximum absolute atomic E-state index is 13.0. The summed E-state index contributed by atoms with van der Waals surface area (Å²) in [6, 6.07) is 19.4. The number of nitrogens with one attached hydrogen (secondary N) is 1. The molecule has 0 radical (unpaired) electrons. The third-order valence-corrected chi connectivity index (χ3v) is 5.90. The molecule has 28 heavy (non-hydrogen) atoms. The van der Waals surface area contributed by atoms with Gasteiger partial charge in [-0.3, -0.25) is 14.5 Å². The van der Waals surface area contributed by atoms with Crippen LogP contribution in [0.2, 0.25) is 0 Å². The highest BCUT2D eigenvalue weighted by Gasteiger charge is 2.28. The summed E-state index contributed by atoms with van der Waals surface area (Å²) in [6.07, 6.45) is 3.82. The summed E-state index contributed by atoms with van der Waals surface area (Å²) < 4.78 is 0. The van der Waals surface area contributed by atoms with Crippen molar-refractivity contribution in [2.45, 2.75) is 52.0 Å². The summed E-state index contributed by atoms with van der Waals surface area (Å²) in [6.45, 7) is 4.47. The van der Waals surface area contributed by atoms with Gasteiger partial charge in [0.05, 0.1) is 0 Å². The second kappa shape index (κ2) is 9.54. The van der Waals surface area contributed by atoms with Crippen molar-refractivity contribution in [3.8, 4) is 0 Å². The number of carbonyl (C=O) groups excluding carboxylic acids is 2. The molecule has 0 heterocycles. The first-order valence-corrected chi connectivity index (χ1v) is 10.3. The Morgan fingerprint density at radius 3 is 2.04 bits per heavy atom. The van der Waals surface area contributed by atoms with Crippen molar-refractivity contribution in [2.75, 3.05) is 4.90 Å². The van der Waals surface area contributed by atoms with E-state index in [-0.39, 0.29) is 30.7 Å². The molecule has 0 aromatic heterocycles. The number of carbonyl (C=O) groups is 2. The minimum Gasteiger partial charge on any atom is -0.353 e. The number of amides is 2. The van der Waals surface area contributed by atoms with Gasteiger partial charge in [-0.1, -0.05) is 63.1 Å². The Balaban J connectivity index is 1.63. The standard InChI is InChI=1S/C24H30N2O2/c1-18-10-9-15-22(19(18)2)25-23(27)16-17-24(28)26(20-11-5-3-6-12-20)21-13-7-4-8-14-21/h3-8,11-14,18-19,22H,9-10,15-17H2,1-2H3,(H,25,27). The van der Waals surface area contributed by atoms with Crippen LogP contribution in [-0.2, 0) is 9.59 Å². The molecule has 0 bridgehead atoms. The van der Waals surface area contributed by atoms with Gasteiger partial charge in [0.2, 0.25) is 11.8 Å². The molecule has 2 amide bonds. The highest BCUT2D eigenvalue weighted by Crippen LogP contribution is 2.30. The van der Waals surface area contributed by atoms with E-state index in [4.69, 9.17) is 0 Å². The summed E-state index contributed by atoms with van der Waals surface area (Å²) in [5, 5.41) is 3.16. The average molecular weight is 379 g/mol. The fraction of sp³-hybridized carbons (Fsp3) is 0.417. The molecule has 2 aromatic carbocycles. The second-order valence-corrected chi connectivity index (χ2v) is 7.84. The maximum Gasteiger partial charge on any atom is 0.232 e. The van der Waals surface area contributed by atoms with E-state index in [9.17, 15) is 9.59 Å². The van der Waals surface area contributed by atoms with Crippen molar-refractivity contribution in [1.82, 2.24) is 5.32 Å². The van der Waals surface area contributed by atoms with E-state index in [1.165, 1.54) is 6.42 Å². The smallest absolute Gasteiger partial charge is 0.232 e. The largest absolute Gasteiger partial charge is 0.353 e. The summed E-state index contributed by atoms with van der Waals surface area (Å²) >= 11 is 0. The Kier molecular flexibility index (Phi) is 6.85. The number of benzene rings is 2. The first kappa shape index (κ1) is 20.1. The molecule has 1 saturated carbocycles. The lowest BCUT2D eigenvalue weighted by Crippen LogP contribution is -2.44. The van der Waals surface area contributed by atoms with Crippen molar-refractivity contribution >= 4 is 23.2 Å². The Labute approximate surface area is 167 Å². The van der Waals surface area contributed by atoms with E-state index >= 15 is 0 Å². The summed E-state index contributed by atoms with van der Waals surface area (Å²) in [4.78, 5) is 27.2. The molecule has 4 nitrogen and oxygen atoms in total. The number of para-hydroxylation sites is 2. The third kappa shape index (κ3) is 5.00. The SMILES string of the molecule is CC1CCCC(NC(=O)CCC(=O)N(c2ccccc2)c2ccccc2)C1C. The van der Waals surface area contributed by atoms with Crippen LogP contribution in [0.15, 0.2) is 60.7 Å². The lowest BCUT2D eigenvalue weighted by Gasteiger charge is -2.34. The zero-order valence-electron chi connectivity index (χ0n) is 16.8. The fourth-order valence-electron chi connectivity index (χ4n) is 3.99. The third-order valence-electron chi connectivity index (χ3n) is 5.90. The van der Waals surface area contributed by atoms with E-state index in [1.807, 2.05) is 60.7 Å². The van der Waals surface area contributed by atoms with Crippen LogP contribution in [0.1, 0.15) is 46.0 Å². The van der Waals surface area contributed by atoms with Gasteiger partial charge in [-0.2, -0.15) is 0 Å². The Bertz CT molecular complexity index is 736. The monoisotopic (exact) mass is 378 g/mol. The molecule has 0 saturated heterocycles. The topological polar surface area (TPSA) is 49.4 Å². The first-order chi connectivity index (χ1) is 13.6. The normalized spacial score (nSPS) is 21.7. The van der Waals surface area contributed by atoms with Crippen molar-refractivity contribution in [2.24, 2.45) is 11.8 Å². The lowest BCUT2D eigenvalue weighted by atomic mass is 9.78. The molecule has 2 aromatic rings. The number of hydrogen-bond acceptors (Lipinski definition) is 2. The highest BCUT2D eigenvalue weighted by atomic mass is 16.2. The van der Waals surface area contributed by atoms with Crippen LogP contribution in [-0.4, -0.2) is 17.9 Å². The minimum absolute atomic E-state index is 0.0274. The van der Waals surface area contributed by atoms with E-state index in [0.29, 0.717) is 11.8 Å². The summed E-state index contributed by atoms with van der Waals surface area (Å²) in [7, 11) is 0. The fourth-order valence-corrected chi connectivity index (χ4v) is 3.99. The van der Waals surface area contributed by atoms with Crippen LogP contribution in [0.5, 0.6) is 0 Å². The molecule has 148 valence electrons. The molecular formula is C24H30N2O2. The quantitative estimate of drug-likeness (QED) is 0.763. The number of hydrogen-bond donors (Lipinski definition) is 1. The van der Waals surface area contributed by atoms with Crippen LogP contribution in [0.3, 0.4) is 0 Å². The first-order valence-electron chi connectivity index (χ1n) is 10.3. The highest BCUT2D eigenvalue weighted by molar-refractivity contribution is 6.01. The van der Waals surface area contributed by atoms with Gasteiger partial charge in [0.1, 0.15) is 0 Å². The molecule has 1 N–H and O–H groups in total. The lowest BCUT2D eigenvalue weighted by molar-refractivity contribution is -0.126. The van der Waals surface area contributed by atoms with Crippen LogP contribution in [0.4, 0.5) is 11.4 Å². The predicted octanol–water partition coefficient (Wildman–Crippen LogP) is 5.07. The van der Waals surface area contributed by atoms with Gasteiger partial charge in [0.15, 0.2) is 0 Å². The van der Waals surface area contributed by atoms with Crippen molar-refractivity contribution in [3.63, 3.8) is 0 Å². The van der Waals surface area contributed by atoms with E-state index in [2.05, 4.69) is 19.2 Å². The molecule has 4 heteroatoms. The van der Waals surface area contributed by atoms with Crippen molar-refractivity contribution < 1.29 is 9.59 Å². The van der Waals surface area contributed by atoms with Gasteiger partial charge < -0.3 is 5.32 Å². The molecule has 1 fully saturated rings. The Morgan fingerprint density at radius 2 is 1.46 bits per heavy atom. The van der Waals surface area contributed by atoms with E-state index < -0.39 is 0 Å². The van der Waals surface area contributed by atoms with Crippen molar-refractivity contribution in [3.05, 3.63) is 60.7 Å². The van der Waals surface area contributed by atoms with E-state index in [1.54, 1.807) is 4.90 Å². The van der Waals surface area contributed by atoms with E-state index in [0.717, 1.165) is 24.2 Å². The molecule has 1 aliphatic rings. The van der Waals surface area contributed by atoms with Gasteiger partial charge >= 0.3 is 0 Å². The van der Waals surface area contributed by atoms with Crippen LogP contribution >= 0.6 is 0 Å². The predicted molar refractivity (Wildman–Crippen MR) is 113 cm³/mol. The molecule has 3 unspecified atom stereocenters. The van der Waals surface area contributed by atoms with Gasteiger partial charge in [-0.05, 0) is 42.5 Å². The zero-order chi connectivity index (χ0) is 19.9. The molecule has 1 aliphatic carbocycles. The minimum atomic E-state index is -0.0717. The zero-order valence-corrected chi connectivity index (χ0v) is 16.8. The number of nitrogens with zero attached hydrogens (tertiary/aromatic N) is 1. The molecule has 3 atom stereocenters.